The van der Waals surface area contributed by atoms with Crippen LogP contribution in [0.2, 0.25) is 0 Å². The van der Waals surface area contributed by atoms with Crippen LogP contribution in [-0.4, -0.2) is 30.2 Å². The summed E-state index contributed by atoms with van der Waals surface area (Å²) in [5, 5.41) is 3.30. The summed E-state index contributed by atoms with van der Waals surface area (Å²) in [7, 11) is 0. The van der Waals surface area contributed by atoms with E-state index >= 15 is 0 Å². The molecule has 1 heterocycles. The largest absolute Gasteiger partial charge is 0.466 e. The molecule has 1 saturated heterocycles. The highest BCUT2D eigenvalue weighted by Crippen LogP contribution is 2.39. The molecule has 1 aromatic rings. The molecule has 0 spiro atoms. The molecule has 0 bridgehead atoms. The van der Waals surface area contributed by atoms with Crippen molar-refractivity contribution in [2.24, 2.45) is 5.92 Å². The van der Waals surface area contributed by atoms with Crippen LogP contribution in [0.15, 0.2) is 30.3 Å². The molecular weight excluding hydrogens is 294 g/mol. The molecule has 0 aromatic heterocycles. The number of hydrogen-bond donors (Lipinski definition) is 1. The standard InChI is InChI=1S/C18H25NO4/c1-5-22-16(20)14-11-18(4,17(21)23-12(2)3)19-15(14)13-9-7-6-8-10-13/h6-10,12,14-15,19H,5,11H2,1-4H3/t14-,15-,18?/m1/s1. The maximum absolute atomic E-state index is 12.4. The molecule has 1 fully saturated rings. The van der Waals surface area contributed by atoms with Gasteiger partial charge in [-0.05, 0) is 39.7 Å². The van der Waals surface area contributed by atoms with Gasteiger partial charge >= 0.3 is 11.9 Å². The highest BCUT2D eigenvalue weighted by Gasteiger charge is 2.51. The van der Waals surface area contributed by atoms with Crippen molar-refractivity contribution in [3.63, 3.8) is 0 Å². The van der Waals surface area contributed by atoms with Crippen molar-refractivity contribution < 1.29 is 19.1 Å². The summed E-state index contributed by atoms with van der Waals surface area (Å²) in [6.07, 6.45) is 0.162. The van der Waals surface area contributed by atoms with Gasteiger partial charge in [0, 0.05) is 6.04 Å². The first-order valence-corrected chi connectivity index (χ1v) is 8.07. The summed E-state index contributed by atoms with van der Waals surface area (Å²) >= 11 is 0. The fourth-order valence-electron chi connectivity index (χ4n) is 2.99. The lowest BCUT2D eigenvalue weighted by atomic mass is 9.90. The van der Waals surface area contributed by atoms with Crippen molar-refractivity contribution in [3.8, 4) is 0 Å². The third kappa shape index (κ3) is 3.91. The molecule has 5 heteroatoms. The highest BCUT2D eigenvalue weighted by molar-refractivity contribution is 5.84. The molecule has 0 radical (unpaired) electrons. The van der Waals surface area contributed by atoms with E-state index in [0.717, 1.165) is 5.56 Å². The maximum Gasteiger partial charge on any atom is 0.326 e. The lowest BCUT2D eigenvalue weighted by Gasteiger charge is -2.25. The smallest absolute Gasteiger partial charge is 0.326 e. The number of carbonyl (C=O) groups is 2. The Labute approximate surface area is 137 Å². The molecule has 2 rings (SSSR count). The van der Waals surface area contributed by atoms with Crippen LogP contribution in [0.25, 0.3) is 0 Å². The van der Waals surface area contributed by atoms with Gasteiger partial charge in [0.2, 0.25) is 0 Å². The second-order valence-electron chi connectivity index (χ2n) is 6.38. The molecule has 1 aliphatic heterocycles. The predicted octanol–water partition coefficient (Wildman–Crippen LogP) is 2.61. The van der Waals surface area contributed by atoms with Crippen LogP contribution in [0, 0.1) is 5.92 Å². The molecule has 1 unspecified atom stereocenters. The number of carbonyl (C=O) groups excluding carboxylic acids is 2. The average Bonchev–Trinajstić information content (AvgIpc) is 2.87. The van der Waals surface area contributed by atoms with Crippen LogP contribution in [0.5, 0.6) is 0 Å². The fraction of sp³-hybridized carbons (Fsp3) is 0.556. The van der Waals surface area contributed by atoms with Gasteiger partial charge in [-0.1, -0.05) is 30.3 Å². The van der Waals surface area contributed by atoms with Crippen molar-refractivity contribution in [3.05, 3.63) is 35.9 Å². The Hall–Kier alpha value is -1.88. The van der Waals surface area contributed by atoms with Gasteiger partial charge < -0.3 is 9.47 Å². The molecular formula is C18H25NO4. The van der Waals surface area contributed by atoms with Crippen LogP contribution < -0.4 is 5.32 Å². The minimum atomic E-state index is -0.901. The number of benzene rings is 1. The highest BCUT2D eigenvalue weighted by atomic mass is 16.5. The number of hydrogen-bond acceptors (Lipinski definition) is 5. The van der Waals surface area contributed by atoms with Gasteiger partial charge in [0.25, 0.3) is 0 Å². The second kappa shape index (κ2) is 7.13. The molecule has 0 saturated carbocycles. The van der Waals surface area contributed by atoms with Crippen LogP contribution in [0.1, 0.15) is 45.7 Å². The summed E-state index contributed by atoms with van der Waals surface area (Å²) in [6, 6.07) is 9.39. The first-order chi connectivity index (χ1) is 10.9. The Morgan fingerprint density at radius 1 is 1.30 bits per heavy atom. The number of ether oxygens (including phenoxy) is 2. The lowest BCUT2D eigenvalue weighted by Crippen LogP contribution is -2.47. The fourth-order valence-corrected chi connectivity index (χ4v) is 2.99. The summed E-state index contributed by atoms with van der Waals surface area (Å²) < 4.78 is 10.6. The van der Waals surface area contributed by atoms with Gasteiger partial charge in [0.1, 0.15) is 5.54 Å². The normalized spacial score (nSPS) is 27.0. The minimum Gasteiger partial charge on any atom is -0.466 e. The van der Waals surface area contributed by atoms with Gasteiger partial charge in [-0.3, -0.25) is 14.9 Å². The van der Waals surface area contributed by atoms with Crippen LogP contribution >= 0.6 is 0 Å². The molecule has 1 aromatic carbocycles. The van der Waals surface area contributed by atoms with E-state index in [9.17, 15) is 9.59 Å². The lowest BCUT2D eigenvalue weighted by molar-refractivity contribution is -0.154. The van der Waals surface area contributed by atoms with E-state index in [-0.39, 0.29) is 24.1 Å². The Morgan fingerprint density at radius 3 is 2.52 bits per heavy atom. The SMILES string of the molecule is CCOC(=O)[C@@H]1CC(C)(C(=O)OC(C)C)N[C@@H]1c1ccccc1. The zero-order valence-corrected chi connectivity index (χ0v) is 14.2. The third-order valence-corrected chi connectivity index (χ3v) is 4.05. The summed E-state index contributed by atoms with van der Waals surface area (Å²) in [6.45, 7) is 7.52. The van der Waals surface area contributed by atoms with Crippen molar-refractivity contribution in [2.75, 3.05) is 6.61 Å². The monoisotopic (exact) mass is 319 g/mol. The van der Waals surface area contributed by atoms with E-state index in [2.05, 4.69) is 5.32 Å². The van der Waals surface area contributed by atoms with Crippen molar-refractivity contribution in [1.82, 2.24) is 5.32 Å². The number of esters is 2. The van der Waals surface area contributed by atoms with E-state index in [1.54, 1.807) is 13.8 Å². The van der Waals surface area contributed by atoms with Crippen molar-refractivity contribution >= 4 is 11.9 Å². The molecule has 23 heavy (non-hydrogen) atoms. The van der Waals surface area contributed by atoms with Crippen molar-refractivity contribution in [1.29, 1.82) is 0 Å². The number of nitrogens with one attached hydrogen (secondary N) is 1. The number of rotatable bonds is 5. The van der Waals surface area contributed by atoms with Crippen LogP contribution in [0.4, 0.5) is 0 Å². The summed E-state index contributed by atoms with van der Waals surface area (Å²) in [4.78, 5) is 24.8. The molecule has 126 valence electrons. The zero-order valence-electron chi connectivity index (χ0n) is 14.2. The second-order valence-corrected chi connectivity index (χ2v) is 6.38. The van der Waals surface area contributed by atoms with Gasteiger partial charge in [-0.2, -0.15) is 0 Å². The summed E-state index contributed by atoms with van der Waals surface area (Å²) in [5.41, 5.74) is 0.0639. The van der Waals surface area contributed by atoms with Crippen LogP contribution in [-0.2, 0) is 19.1 Å². The Balaban J connectivity index is 2.28. The molecule has 5 nitrogen and oxygen atoms in total. The third-order valence-electron chi connectivity index (χ3n) is 4.05. The summed E-state index contributed by atoms with van der Waals surface area (Å²) in [5.74, 6) is -1.03. The first-order valence-electron chi connectivity index (χ1n) is 8.07. The van der Waals surface area contributed by atoms with Crippen LogP contribution in [0.3, 0.4) is 0 Å². The van der Waals surface area contributed by atoms with Gasteiger partial charge in [-0.25, -0.2) is 0 Å². The Morgan fingerprint density at radius 2 is 1.96 bits per heavy atom. The molecule has 3 atom stereocenters. The Bertz CT molecular complexity index is 557. The van der Waals surface area contributed by atoms with Gasteiger partial charge in [0.05, 0.1) is 18.6 Å². The van der Waals surface area contributed by atoms with E-state index in [0.29, 0.717) is 13.0 Å². The minimum absolute atomic E-state index is 0.196. The van der Waals surface area contributed by atoms with E-state index in [4.69, 9.17) is 9.47 Å². The Kier molecular flexibility index (Phi) is 5.42. The van der Waals surface area contributed by atoms with E-state index in [1.165, 1.54) is 0 Å². The predicted molar refractivity (Wildman–Crippen MR) is 86.7 cm³/mol. The molecule has 1 aliphatic rings. The van der Waals surface area contributed by atoms with E-state index < -0.39 is 11.5 Å². The molecule has 0 amide bonds. The van der Waals surface area contributed by atoms with Gasteiger partial charge in [0.15, 0.2) is 0 Å². The van der Waals surface area contributed by atoms with E-state index in [1.807, 2.05) is 44.2 Å². The maximum atomic E-state index is 12.4. The van der Waals surface area contributed by atoms with Crippen molar-refractivity contribution in [2.45, 2.75) is 51.8 Å². The first kappa shape index (κ1) is 17.5. The average molecular weight is 319 g/mol. The topological polar surface area (TPSA) is 64.6 Å². The quantitative estimate of drug-likeness (QED) is 0.845. The molecule has 0 aliphatic carbocycles. The van der Waals surface area contributed by atoms with Gasteiger partial charge in [-0.15, -0.1) is 0 Å². The zero-order chi connectivity index (χ0) is 17.0. The molecule has 1 N–H and O–H groups in total.